The SMILES string of the molecule is CCCC(C)C(=O)Oc1ccc(NC(C)=O)cc1. The highest BCUT2D eigenvalue weighted by molar-refractivity contribution is 5.88. The van der Waals surface area contributed by atoms with E-state index in [0.29, 0.717) is 11.4 Å². The van der Waals surface area contributed by atoms with E-state index >= 15 is 0 Å². The number of rotatable bonds is 5. The Hall–Kier alpha value is -1.84. The minimum atomic E-state index is -0.218. The maximum Gasteiger partial charge on any atom is 0.314 e. The smallest absolute Gasteiger partial charge is 0.314 e. The van der Waals surface area contributed by atoms with Gasteiger partial charge in [0.05, 0.1) is 5.92 Å². The molecule has 18 heavy (non-hydrogen) atoms. The number of carbonyl (C=O) groups is 2. The van der Waals surface area contributed by atoms with E-state index in [0.717, 1.165) is 12.8 Å². The molecular weight excluding hydrogens is 230 g/mol. The van der Waals surface area contributed by atoms with Crippen LogP contribution in [-0.2, 0) is 9.59 Å². The molecule has 1 unspecified atom stereocenters. The van der Waals surface area contributed by atoms with Gasteiger partial charge in [-0.2, -0.15) is 0 Å². The molecule has 1 amide bonds. The first-order valence-electron chi connectivity index (χ1n) is 6.12. The maximum absolute atomic E-state index is 11.7. The fourth-order valence-electron chi connectivity index (χ4n) is 1.58. The maximum atomic E-state index is 11.7. The van der Waals surface area contributed by atoms with Gasteiger partial charge in [0.25, 0.3) is 0 Å². The van der Waals surface area contributed by atoms with Crippen LogP contribution >= 0.6 is 0 Å². The summed E-state index contributed by atoms with van der Waals surface area (Å²) in [6, 6.07) is 6.74. The lowest BCUT2D eigenvalue weighted by atomic mass is 10.1. The Morgan fingerprint density at radius 1 is 1.28 bits per heavy atom. The van der Waals surface area contributed by atoms with Gasteiger partial charge >= 0.3 is 5.97 Å². The van der Waals surface area contributed by atoms with Crippen molar-refractivity contribution in [3.63, 3.8) is 0 Å². The number of nitrogens with one attached hydrogen (secondary N) is 1. The Labute approximate surface area is 107 Å². The quantitative estimate of drug-likeness (QED) is 0.644. The second-order valence-corrected chi connectivity index (χ2v) is 4.32. The Kier molecular flexibility index (Phi) is 5.36. The molecule has 0 aliphatic carbocycles. The lowest BCUT2D eigenvalue weighted by Crippen LogP contribution is -2.17. The molecule has 0 saturated carbocycles. The van der Waals surface area contributed by atoms with Crippen LogP contribution in [0.2, 0.25) is 0 Å². The molecule has 0 aliphatic rings. The van der Waals surface area contributed by atoms with Crippen LogP contribution in [0.3, 0.4) is 0 Å². The summed E-state index contributed by atoms with van der Waals surface area (Å²) in [6.07, 6.45) is 1.78. The van der Waals surface area contributed by atoms with Crippen LogP contribution in [0.1, 0.15) is 33.6 Å². The van der Waals surface area contributed by atoms with Crippen molar-refractivity contribution >= 4 is 17.6 Å². The molecule has 0 aliphatic heterocycles. The largest absolute Gasteiger partial charge is 0.426 e. The van der Waals surface area contributed by atoms with Gasteiger partial charge in [0.2, 0.25) is 5.91 Å². The molecule has 1 atom stereocenters. The first kappa shape index (κ1) is 14.2. The first-order chi connectivity index (χ1) is 8.52. The summed E-state index contributed by atoms with van der Waals surface area (Å²) >= 11 is 0. The summed E-state index contributed by atoms with van der Waals surface area (Å²) < 4.78 is 5.24. The van der Waals surface area contributed by atoms with Gasteiger partial charge in [0.1, 0.15) is 5.75 Å². The van der Waals surface area contributed by atoms with Crippen LogP contribution in [-0.4, -0.2) is 11.9 Å². The number of amides is 1. The van der Waals surface area contributed by atoms with Crippen molar-refractivity contribution in [3.8, 4) is 5.75 Å². The number of ether oxygens (including phenoxy) is 1. The molecule has 1 aromatic rings. The van der Waals surface area contributed by atoms with E-state index in [1.54, 1.807) is 24.3 Å². The molecule has 4 nitrogen and oxygen atoms in total. The number of hydrogen-bond donors (Lipinski definition) is 1. The third-order valence-electron chi connectivity index (χ3n) is 2.52. The fraction of sp³-hybridized carbons (Fsp3) is 0.429. The summed E-state index contributed by atoms with van der Waals surface area (Å²) in [4.78, 5) is 22.5. The number of benzene rings is 1. The Bertz CT molecular complexity index is 412. The minimum Gasteiger partial charge on any atom is -0.426 e. The molecule has 0 saturated heterocycles. The molecule has 0 heterocycles. The highest BCUT2D eigenvalue weighted by Gasteiger charge is 2.14. The number of anilines is 1. The van der Waals surface area contributed by atoms with Crippen molar-refractivity contribution in [3.05, 3.63) is 24.3 Å². The highest BCUT2D eigenvalue weighted by atomic mass is 16.5. The monoisotopic (exact) mass is 249 g/mol. The standard InChI is InChI=1S/C14H19NO3/c1-4-5-10(2)14(17)18-13-8-6-12(7-9-13)15-11(3)16/h6-10H,4-5H2,1-3H3,(H,15,16). The van der Waals surface area contributed by atoms with Crippen LogP contribution in [0.25, 0.3) is 0 Å². The lowest BCUT2D eigenvalue weighted by Gasteiger charge is -2.10. The molecule has 98 valence electrons. The minimum absolute atomic E-state index is 0.0926. The fourth-order valence-corrected chi connectivity index (χ4v) is 1.58. The van der Waals surface area contributed by atoms with Crippen LogP contribution in [0.4, 0.5) is 5.69 Å². The van der Waals surface area contributed by atoms with Crippen molar-refractivity contribution in [2.45, 2.75) is 33.6 Å². The molecule has 0 bridgehead atoms. The molecule has 1 N–H and O–H groups in total. The third-order valence-corrected chi connectivity index (χ3v) is 2.52. The lowest BCUT2D eigenvalue weighted by molar-refractivity contribution is -0.138. The third kappa shape index (κ3) is 4.57. The van der Waals surface area contributed by atoms with E-state index in [1.807, 2.05) is 13.8 Å². The first-order valence-corrected chi connectivity index (χ1v) is 6.12. The van der Waals surface area contributed by atoms with Crippen LogP contribution in [0.5, 0.6) is 5.75 Å². The highest BCUT2D eigenvalue weighted by Crippen LogP contribution is 2.17. The van der Waals surface area contributed by atoms with Crippen molar-refractivity contribution in [1.82, 2.24) is 0 Å². The average molecular weight is 249 g/mol. The number of esters is 1. The molecule has 1 aromatic carbocycles. The zero-order valence-electron chi connectivity index (χ0n) is 11.0. The molecule has 0 fully saturated rings. The predicted octanol–water partition coefficient (Wildman–Crippen LogP) is 2.99. The van der Waals surface area contributed by atoms with Crippen LogP contribution < -0.4 is 10.1 Å². The molecule has 1 rings (SSSR count). The van der Waals surface area contributed by atoms with Gasteiger partial charge in [0.15, 0.2) is 0 Å². The number of carbonyl (C=O) groups excluding carboxylic acids is 2. The summed E-state index contributed by atoms with van der Waals surface area (Å²) in [5.41, 5.74) is 0.684. The number of hydrogen-bond acceptors (Lipinski definition) is 3. The second kappa shape index (κ2) is 6.79. The molecular formula is C14H19NO3. The van der Waals surface area contributed by atoms with Gasteiger partial charge < -0.3 is 10.1 Å². The predicted molar refractivity (Wildman–Crippen MR) is 70.5 cm³/mol. The Morgan fingerprint density at radius 2 is 1.89 bits per heavy atom. The van der Waals surface area contributed by atoms with E-state index in [9.17, 15) is 9.59 Å². The van der Waals surface area contributed by atoms with Crippen molar-refractivity contribution in [2.24, 2.45) is 5.92 Å². The Balaban J connectivity index is 2.58. The van der Waals surface area contributed by atoms with E-state index in [4.69, 9.17) is 4.74 Å². The van der Waals surface area contributed by atoms with Crippen LogP contribution in [0, 0.1) is 5.92 Å². The second-order valence-electron chi connectivity index (χ2n) is 4.32. The van der Waals surface area contributed by atoms with Crippen molar-refractivity contribution in [2.75, 3.05) is 5.32 Å². The van der Waals surface area contributed by atoms with E-state index < -0.39 is 0 Å². The van der Waals surface area contributed by atoms with Gasteiger partial charge in [-0.15, -0.1) is 0 Å². The van der Waals surface area contributed by atoms with Crippen molar-refractivity contribution in [1.29, 1.82) is 0 Å². The summed E-state index contributed by atoms with van der Waals surface area (Å²) in [6.45, 7) is 5.34. The van der Waals surface area contributed by atoms with Gasteiger partial charge in [-0.25, -0.2) is 0 Å². The zero-order chi connectivity index (χ0) is 13.5. The topological polar surface area (TPSA) is 55.4 Å². The van der Waals surface area contributed by atoms with Gasteiger partial charge in [0, 0.05) is 12.6 Å². The molecule has 0 aromatic heterocycles. The summed E-state index contributed by atoms with van der Waals surface area (Å²) in [5.74, 6) is 0.0579. The molecule has 4 heteroatoms. The summed E-state index contributed by atoms with van der Waals surface area (Å²) in [5, 5.41) is 2.65. The average Bonchev–Trinajstić information content (AvgIpc) is 2.31. The molecule has 0 spiro atoms. The van der Waals surface area contributed by atoms with E-state index in [-0.39, 0.29) is 17.8 Å². The normalized spacial score (nSPS) is 11.7. The Morgan fingerprint density at radius 3 is 2.39 bits per heavy atom. The van der Waals surface area contributed by atoms with E-state index in [2.05, 4.69) is 5.32 Å². The zero-order valence-corrected chi connectivity index (χ0v) is 11.0. The molecule has 0 radical (unpaired) electrons. The van der Waals surface area contributed by atoms with Gasteiger partial charge in [-0.1, -0.05) is 20.3 Å². The summed E-state index contributed by atoms with van der Waals surface area (Å²) in [7, 11) is 0. The van der Waals surface area contributed by atoms with Gasteiger partial charge in [-0.05, 0) is 30.7 Å². The van der Waals surface area contributed by atoms with E-state index in [1.165, 1.54) is 6.92 Å². The van der Waals surface area contributed by atoms with Gasteiger partial charge in [-0.3, -0.25) is 9.59 Å². The van der Waals surface area contributed by atoms with Crippen LogP contribution in [0.15, 0.2) is 24.3 Å². The van der Waals surface area contributed by atoms with Crippen molar-refractivity contribution < 1.29 is 14.3 Å².